The molecule has 0 saturated heterocycles. The summed E-state index contributed by atoms with van der Waals surface area (Å²) >= 11 is 0. The van der Waals surface area contributed by atoms with Gasteiger partial charge in [-0.2, -0.15) is 5.10 Å². The van der Waals surface area contributed by atoms with Crippen LogP contribution in [0.3, 0.4) is 0 Å². The van der Waals surface area contributed by atoms with Gasteiger partial charge in [0.05, 0.1) is 0 Å². The number of amides is 2. The van der Waals surface area contributed by atoms with Crippen LogP contribution in [-0.2, 0) is 6.54 Å². The first-order valence-corrected chi connectivity index (χ1v) is 8.04. The number of hydrogen-bond donors (Lipinski definition) is 3. The van der Waals surface area contributed by atoms with Crippen LogP contribution in [0.1, 0.15) is 38.7 Å². The predicted molar refractivity (Wildman–Crippen MR) is 88.6 cm³/mol. The Labute approximate surface area is 136 Å². The van der Waals surface area contributed by atoms with E-state index in [4.69, 9.17) is 0 Å². The van der Waals surface area contributed by atoms with E-state index in [9.17, 15) is 4.79 Å². The van der Waals surface area contributed by atoms with Crippen molar-refractivity contribution in [3.8, 4) is 11.4 Å². The molecule has 2 amide bonds. The van der Waals surface area contributed by atoms with Crippen LogP contribution < -0.4 is 10.6 Å². The molecule has 1 aromatic carbocycles. The summed E-state index contributed by atoms with van der Waals surface area (Å²) in [5, 5.41) is 12.7. The topological polar surface area (TPSA) is 82.7 Å². The number of aromatic amines is 1. The first-order valence-electron chi connectivity index (χ1n) is 8.04. The zero-order valence-electron chi connectivity index (χ0n) is 13.6. The van der Waals surface area contributed by atoms with Crippen molar-refractivity contribution in [1.82, 2.24) is 25.8 Å². The number of urea groups is 1. The molecule has 1 fully saturated rings. The highest BCUT2D eigenvalue weighted by atomic mass is 16.2. The molecule has 0 aliphatic heterocycles. The number of rotatable bonds is 4. The third-order valence-corrected chi connectivity index (χ3v) is 4.63. The minimum absolute atomic E-state index is 0.102. The average Bonchev–Trinajstić information content (AvgIpc) is 3.16. The minimum atomic E-state index is -0.102. The van der Waals surface area contributed by atoms with Gasteiger partial charge in [0.25, 0.3) is 0 Å². The van der Waals surface area contributed by atoms with Gasteiger partial charge >= 0.3 is 6.03 Å². The lowest BCUT2D eigenvalue weighted by Crippen LogP contribution is -2.46. The number of nitrogens with one attached hydrogen (secondary N) is 3. The van der Waals surface area contributed by atoms with E-state index < -0.39 is 0 Å². The second-order valence-electron chi connectivity index (χ2n) is 6.79. The maximum Gasteiger partial charge on any atom is 0.315 e. The van der Waals surface area contributed by atoms with E-state index in [-0.39, 0.29) is 17.5 Å². The van der Waals surface area contributed by atoms with Gasteiger partial charge in [-0.25, -0.2) is 9.78 Å². The van der Waals surface area contributed by atoms with Crippen molar-refractivity contribution in [3.05, 3.63) is 36.2 Å². The molecule has 3 rings (SSSR count). The Balaban J connectivity index is 1.56. The number of benzene rings is 1. The molecule has 1 saturated carbocycles. The minimum Gasteiger partial charge on any atom is -0.335 e. The third-order valence-electron chi connectivity index (χ3n) is 4.63. The van der Waals surface area contributed by atoms with Crippen molar-refractivity contribution in [2.45, 2.75) is 45.7 Å². The molecule has 1 aromatic heterocycles. The monoisotopic (exact) mass is 313 g/mol. The fourth-order valence-corrected chi connectivity index (χ4v) is 3.16. The normalized spacial score (nSPS) is 19.5. The molecule has 0 spiro atoms. The van der Waals surface area contributed by atoms with E-state index >= 15 is 0 Å². The van der Waals surface area contributed by atoms with Crippen LogP contribution >= 0.6 is 0 Å². The van der Waals surface area contributed by atoms with E-state index in [1.54, 1.807) is 0 Å². The molecular formula is C17H23N5O. The molecule has 23 heavy (non-hydrogen) atoms. The maximum atomic E-state index is 12.1. The molecule has 0 radical (unpaired) electrons. The highest BCUT2D eigenvalue weighted by molar-refractivity contribution is 5.74. The zero-order chi connectivity index (χ0) is 16.3. The van der Waals surface area contributed by atoms with Gasteiger partial charge in [-0.3, -0.25) is 5.10 Å². The lowest BCUT2D eigenvalue weighted by Gasteiger charge is -2.27. The molecule has 1 heterocycles. The Morgan fingerprint density at radius 3 is 3.00 bits per heavy atom. The first-order chi connectivity index (χ1) is 11.0. The number of nitrogens with zero attached hydrogens (tertiary/aromatic N) is 2. The second kappa shape index (κ2) is 6.40. The van der Waals surface area contributed by atoms with Crippen LogP contribution in [0.4, 0.5) is 4.79 Å². The van der Waals surface area contributed by atoms with Crippen molar-refractivity contribution in [3.63, 3.8) is 0 Å². The van der Waals surface area contributed by atoms with Gasteiger partial charge in [-0.05, 0) is 29.9 Å². The summed E-state index contributed by atoms with van der Waals surface area (Å²) in [5.74, 6) is 0.726. The lowest BCUT2D eigenvalue weighted by atomic mass is 9.87. The van der Waals surface area contributed by atoms with E-state index in [0.717, 1.165) is 29.8 Å². The van der Waals surface area contributed by atoms with Crippen LogP contribution in [0.25, 0.3) is 11.4 Å². The highest BCUT2D eigenvalue weighted by Gasteiger charge is 2.35. The third kappa shape index (κ3) is 3.70. The van der Waals surface area contributed by atoms with E-state index in [1.807, 2.05) is 24.3 Å². The Bertz CT molecular complexity index is 665. The van der Waals surface area contributed by atoms with Gasteiger partial charge in [0.2, 0.25) is 0 Å². The Kier molecular flexibility index (Phi) is 4.32. The summed E-state index contributed by atoms with van der Waals surface area (Å²) in [4.78, 5) is 16.3. The average molecular weight is 313 g/mol. The summed E-state index contributed by atoms with van der Waals surface area (Å²) in [6, 6.07) is 8.05. The number of carbonyl (C=O) groups excluding carboxylic acids is 1. The van der Waals surface area contributed by atoms with Gasteiger partial charge in [0, 0.05) is 18.2 Å². The summed E-state index contributed by atoms with van der Waals surface area (Å²) in [6.45, 7) is 4.92. The molecule has 1 aliphatic rings. The van der Waals surface area contributed by atoms with Gasteiger partial charge in [0.1, 0.15) is 6.33 Å². The molecule has 1 aliphatic carbocycles. The van der Waals surface area contributed by atoms with E-state index in [2.05, 4.69) is 39.7 Å². The van der Waals surface area contributed by atoms with Crippen molar-refractivity contribution < 1.29 is 4.79 Å². The molecular weight excluding hydrogens is 290 g/mol. The second-order valence-corrected chi connectivity index (χ2v) is 6.79. The van der Waals surface area contributed by atoms with Crippen molar-refractivity contribution in [2.75, 3.05) is 0 Å². The van der Waals surface area contributed by atoms with Gasteiger partial charge in [-0.1, -0.05) is 38.5 Å². The Morgan fingerprint density at radius 2 is 2.30 bits per heavy atom. The molecule has 122 valence electrons. The molecule has 3 N–H and O–H groups in total. The maximum absolute atomic E-state index is 12.1. The summed E-state index contributed by atoms with van der Waals surface area (Å²) < 4.78 is 0. The first kappa shape index (κ1) is 15.5. The van der Waals surface area contributed by atoms with Crippen LogP contribution in [0, 0.1) is 5.41 Å². The van der Waals surface area contributed by atoms with Gasteiger partial charge in [-0.15, -0.1) is 0 Å². The molecule has 6 nitrogen and oxygen atoms in total. The Hall–Kier alpha value is -2.37. The van der Waals surface area contributed by atoms with Crippen LogP contribution in [0.15, 0.2) is 30.6 Å². The van der Waals surface area contributed by atoms with Crippen molar-refractivity contribution in [2.24, 2.45) is 5.41 Å². The summed E-state index contributed by atoms with van der Waals surface area (Å²) in [7, 11) is 0. The Morgan fingerprint density at radius 1 is 1.43 bits per heavy atom. The SMILES string of the molecule is CC1(C)CCC[C@@H]1NC(=O)NCc1cccc(-c2ncn[nH]2)c1. The van der Waals surface area contributed by atoms with E-state index in [1.165, 1.54) is 12.7 Å². The fourth-order valence-electron chi connectivity index (χ4n) is 3.16. The molecule has 2 aromatic rings. The van der Waals surface area contributed by atoms with E-state index in [0.29, 0.717) is 6.54 Å². The summed E-state index contributed by atoms with van der Waals surface area (Å²) in [6.07, 6.45) is 4.88. The molecule has 1 atom stereocenters. The lowest BCUT2D eigenvalue weighted by molar-refractivity contribution is 0.222. The van der Waals surface area contributed by atoms with Crippen molar-refractivity contribution >= 4 is 6.03 Å². The number of hydrogen-bond acceptors (Lipinski definition) is 3. The number of H-pyrrole nitrogens is 1. The largest absolute Gasteiger partial charge is 0.335 e. The van der Waals surface area contributed by atoms with Crippen molar-refractivity contribution in [1.29, 1.82) is 0 Å². The quantitative estimate of drug-likeness (QED) is 0.811. The predicted octanol–water partition coefficient (Wildman–Crippen LogP) is 2.85. The van der Waals surface area contributed by atoms with Crippen LogP contribution in [-0.4, -0.2) is 27.3 Å². The molecule has 0 unspecified atom stereocenters. The van der Waals surface area contributed by atoms with Crippen LogP contribution in [0.2, 0.25) is 0 Å². The number of carbonyl (C=O) groups is 1. The van der Waals surface area contributed by atoms with Gasteiger partial charge < -0.3 is 10.6 Å². The summed E-state index contributed by atoms with van der Waals surface area (Å²) in [5.41, 5.74) is 2.17. The van der Waals surface area contributed by atoms with Gasteiger partial charge in [0.15, 0.2) is 5.82 Å². The fraction of sp³-hybridized carbons (Fsp3) is 0.471. The smallest absolute Gasteiger partial charge is 0.315 e. The number of aromatic nitrogens is 3. The van der Waals surface area contributed by atoms with Crippen LogP contribution in [0.5, 0.6) is 0 Å². The molecule has 0 bridgehead atoms. The standard InChI is InChI=1S/C17H23N5O/c1-17(2)8-4-7-14(17)21-16(23)18-10-12-5-3-6-13(9-12)15-19-11-20-22-15/h3,5-6,9,11,14H,4,7-8,10H2,1-2H3,(H2,18,21,23)(H,19,20,22)/t14-/m0/s1. The molecule has 6 heteroatoms. The highest BCUT2D eigenvalue weighted by Crippen LogP contribution is 2.37. The zero-order valence-corrected chi connectivity index (χ0v) is 13.6.